The van der Waals surface area contributed by atoms with Gasteiger partial charge in [0.05, 0.1) is 6.61 Å². The standard InChI is InChI=1S/C15H26O2/c1-3-4-5-6-7-10-14(2)13-17-15-11-8-9-12-16-15/h3,10,15H,1,4-9,11-13H2,2H3/b14-10+. The molecule has 0 N–H and O–H groups in total. The Hall–Kier alpha value is -0.600. The fourth-order valence-electron chi connectivity index (χ4n) is 1.91. The fourth-order valence-corrected chi connectivity index (χ4v) is 1.91. The van der Waals surface area contributed by atoms with E-state index in [1.165, 1.54) is 31.3 Å². The molecule has 1 saturated heterocycles. The second-order valence-corrected chi connectivity index (χ2v) is 4.73. The first-order valence-electron chi connectivity index (χ1n) is 6.82. The Morgan fingerprint density at radius 2 is 2.18 bits per heavy atom. The predicted octanol–water partition coefficient (Wildman–Crippen LogP) is 4.22. The van der Waals surface area contributed by atoms with Crippen molar-refractivity contribution in [1.82, 2.24) is 0 Å². The summed E-state index contributed by atoms with van der Waals surface area (Å²) in [5, 5.41) is 0. The quantitative estimate of drug-likeness (QED) is 0.465. The van der Waals surface area contributed by atoms with Crippen molar-refractivity contribution < 1.29 is 9.47 Å². The lowest BCUT2D eigenvalue weighted by Gasteiger charge is -2.22. The Bertz CT molecular complexity index is 227. The third-order valence-electron chi connectivity index (χ3n) is 2.99. The van der Waals surface area contributed by atoms with E-state index in [4.69, 9.17) is 9.47 Å². The zero-order valence-corrected chi connectivity index (χ0v) is 11.1. The van der Waals surface area contributed by atoms with E-state index in [-0.39, 0.29) is 6.29 Å². The summed E-state index contributed by atoms with van der Waals surface area (Å²) in [6.45, 7) is 7.43. The molecule has 1 aliphatic heterocycles. The molecule has 1 aliphatic rings. The molecule has 0 aromatic heterocycles. The second-order valence-electron chi connectivity index (χ2n) is 4.73. The van der Waals surface area contributed by atoms with Gasteiger partial charge in [-0.2, -0.15) is 0 Å². The van der Waals surface area contributed by atoms with Gasteiger partial charge >= 0.3 is 0 Å². The highest BCUT2D eigenvalue weighted by Gasteiger charge is 2.13. The molecule has 1 unspecified atom stereocenters. The van der Waals surface area contributed by atoms with E-state index in [1.54, 1.807) is 0 Å². The molecule has 1 fully saturated rings. The van der Waals surface area contributed by atoms with Gasteiger partial charge in [0.25, 0.3) is 0 Å². The Morgan fingerprint density at radius 1 is 1.35 bits per heavy atom. The Labute approximate surface area is 106 Å². The maximum absolute atomic E-state index is 5.72. The molecular weight excluding hydrogens is 212 g/mol. The van der Waals surface area contributed by atoms with Crippen molar-refractivity contribution in [2.75, 3.05) is 13.2 Å². The van der Waals surface area contributed by atoms with E-state index in [0.29, 0.717) is 6.61 Å². The van der Waals surface area contributed by atoms with Gasteiger partial charge < -0.3 is 9.47 Å². The summed E-state index contributed by atoms with van der Waals surface area (Å²) in [5.74, 6) is 0. The largest absolute Gasteiger partial charge is 0.353 e. The van der Waals surface area contributed by atoms with Gasteiger partial charge in [0.1, 0.15) is 0 Å². The van der Waals surface area contributed by atoms with Crippen LogP contribution in [0.25, 0.3) is 0 Å². The second kappa shape index (κ2) is 9.43. The summed E-state index contributed by atoms with van der Waals surface area (Å²) in [5.41, 5.74) is 1.32. The van der Waals surface area contributed by atoms with Gasteiger partial charge in [-0.1, -0.05) is 17.7 Å². The Kier molecular flexibility index (Phi) is 8.02. The highest BCUT2D eigenvalue weighted by Crippen LogP contribution is 2.14. The Balaban J connectivity index is 2.04. The van der Waals surface area contributed by atoms with E-state index < -0.39 is 0 Å². The van der Waals surface area contributed by atoms with E-state index in [0.717, 1.165) is 25.9 Å². The van der Waals surface area contributed by atoms with E-state index in [1.807, 2.05) is 6.08 Å². The van der Waals surface area contributed by atoms with Gasteiger partial charge in [-0.25, -0.2) is 0 Å². The first kappa shape index (κ1) is 14.5. The molecule has 0 radical (unpaired) electrons. The summed E-state index contributed by atoms with van der Waals surface area (Å²) < 4.78 is 11.2. The average Bonchev–Trinajstić information content (AvgIpc) is 2.37. The van der Waals surface area contributed by atoms with Gasteiger partial charge in [0.15, 0.2) is 6.29 Å². The zero-order valence-electron chi connectivity index (χ0n) is 11.1. The summed E-state index contributed by atoms with van der Waals surface area (Å²) in [4.78, 5) is 0. The van der Waals surface area contributed by atoms with Crippen molar-refractivity contribution in [2.45, 2.75) is 58.2 Å². The number of allylic oxidation sites excluding steroid dienone is 2. The van der Waals surface area contributed by atoms with Gasteiger partial charge in [0.2, 0.25) is 0 Å². The SMILES string of the molecule is C=CCCCC/C=C(\C)COC1CCCCO1. The first-order chi connectivity index (χ1) is 8.33. The minimum Gasteiger partial charge on any atom is -0.353 e. The normalized spacial score (nSPS) is 21.5. The third kappa shape index (κ3) is 7.35. The van der Waals surface area contributed by atoms with Gasteiger partial charge in [-0.15, -0.1) is 6.58 Å². The van der Waals surface area contributed by atoms with Gasteiger partial charge in [-0.05, 0) is 51.9 Å². The average molecular weight is 238 g/mol. The summed E-state index contributed by atoms with van der Waals surface area (Å²) >= 11 is 0. The number of ether oxygens (including phenoxy) is 2. The highest BCUT2D eigenvalue weighted by atomic mass is 16.7. The Morgan fingerprint density at radius 3 is 2.88 bits per heavy atom. The monoisotopic (exact) mass is 238 g/mol. The van der Waals surface area contributed by atoms with Crippen molar-refractivity contribution in [3.05, 3.63) is 24.3 Å². The maximum atomic E-state index is 5.72. The van der Waals surface area contributed by atoms with Crippen molar-refractivity contribution >= 4 is 0 Å². The summed E-state index contributed by atoms with van der Waals surface area (Å²) in [6.07, 6.45) is 12.5. The molecule has 0 aliphatic carbocycles. The lowest BCUT2D eigenvalue weighted by atomic mass is 10.1. The molecule has 0 aromatic carbocycles. The van der Waals surface area contributed by atoms with Gasteiger partial charge in [-0.3, -0.25) is 0 Å². The fraction of sp³-hybridized carbons (Fsp3) is 0.733. The molecule has 98 valence electrons. The highest BCUT2D eigenvalue weighted by molar-refractivity contribution is 4.98. The van der Waals surface area contributed by atoms with Crippen molar-refractivity contribution in [3.63, 3.8) is 0 Å². The van der Waals surface area contributed by atoms with Crippen LogP contribution in [0.4, 0.5) is 0 Å². The number of rotatable bonds is 8. The van der Waals surface area contributed by atoms with Crippen LogP contribution in [0.2, 0.25) is 0 Å². The van der Waals surface area contributed by atoms with Crippen LogP contribution in [0, 0.1) is 0 Å². The van der Waals surface area contributed by atoms with Crippen LogP contribution in [0.1, 0.15) is 51.9 Å². The smallest absolute Gasteiger partial charge is 0.158 e. The van der Waals surface area contributed by atoms with Crippen LogP contribution in [-0.2, 0) is 9.47 Å². The predicted molar refractivity (Wildman–Crippen MR) is 72.0 cm³/mol. The first-order valence-corrected chi connectivity index (χ1v) is 6.82. The number of hydrogen-bond donors (Lipinski definition) is 0. The van der Waals surface area contributed by atoms with Crippen LogP contribution in [0.5, 0.6) is 0 Å². The molecule has 0 spiro atoms. The van der Waals surface area contributed by atoms with Crippen molar-refractivity contribution in [1.29, 1.82) is 0 Å². The van der Waals surface area contributed by atoms with Crippen molar-refractivity contribution in [2.24, 2.45) is 0 Å². The lowest BCUT2D eigenvalue weighted by Crippen LogP contribution is -2.22. The molecule has 17 heavy (non-hydrogen) atoms. The van der Waals surface area contributed by atoms with E-state index >= 15 is 0 Å². The molecule has 1 atom stereocenters. The van der Waals surface area contributed by atoms with Crippen molar-refractivity contribution in [3.8, 4) is 0 Å². The number of unbranched alkanes of at least 4 members (excludes halogenated alkanes) is 3. The van der Waals surface area contributed by atoms with Crippen LogP contribution >= 0.6 is 0 Å². The molecule has 0 bridgehead atoms. The minimum absolute atomic E-state index is 0.0351. The third-order valence-corrected chi connectivity index (χ3v) is 2.99. The lowest BCUT2D eigenvalue weighted by molar-refractivity contribution is -0.156. The van der Waals surface area contributed by atoms with Crippen LogP contribution in [0.15, 0.2) is 24.3 Å². The minimum atomic E-state index is 0.0351. The number of hydrogen-bond acceptors (Lipinski definition) is 2. The van der Waals surface area contributed by atoms with Crippen LogP contribution < -0.4 is 0 Å². The zero-order chi connectivity index (χ0) is 12.3. The maximum Gasteiger partial charge on any atom is 0.158 e. The molecular formula is C15H26O2. The summed E-state index contributed by atoms with van der Waals surface area (Å²) in [6, 6.07) is 0. The molecule has 1 rings (SSSR count). The molecule has 0 saturated carbocycles. The summed E-state index contributed by atoms with van der Waals surface area (Å²) in [7, 11) is 0. The molecule has 1 heterocycles. The molecule has 2 heteroatoms. The topological polar surface area (TPSA) is 18.5 Å². The van der Waals surface area contributed by atoms with Crippen LogP contribution in [0.3, 0.4) is 0 Å². The van der Waals surface area contributed by atoms with Gasteiger partial charge in [0, 0.05) is 6.61 Å². The molecule has 2 nitrogen and oxygen atoms in total. The molecule has 0 aromatic rings. The van der Waals surface area contributed by atoms with E-state index in [9.17, 15) is 0 Å². The van der Waals surface area contributed by atoms with E-state index in [2.05, 4.69) is 19.6 Å². The van der Waals surface area contributed by atoms with Crippen LogP contribution in [-0.4, -0.2) is 19.5 Å². The molecule has 0 amide bonds.